The molecule has 1 aliphatic rings. The van der Waals surface area contributed by atoms with Crippen LogP contribution in [0.5, 0.6) is 17.2 Å². The van der Waals surface area contributed by atoms with Crippen LogP contribution in [0.25, 0.3) is 6.08 Å². The minimum Gasteiger partial charge on any atom is -0.493 e. The zero-order chi connectivity index (χ0) is 23.9. The van der Waals surface area contributed by atoms with Crippen molar-refractivity contribution in [2.75, 3.05) is 31.8 Å². The number of nitrogens with zero attached hydrogens (tertiary/aromatic N) is 2. The molecular formula is C27H23ClN2O4. The lowest BCUT2D eigenvalue weighted by Crippen LogP contribution is -2.29. The maximum absolute atomic E-state index is 13.1. The highest BCUT2D eigenvalue weighted by Crippen LogP contribution is 2.37. The summed E-state index contributed by atoms with van der Waals surface area (Å²) in [6.45, 7) is 1.13. The second-order valence-electron chi connectivity index (χ2n) is 7.55. The summed E-state index contributed by atoms with van der Waals surface area (Å²) in [4.78, 5) is 14.7. The van der Waals surface area contributed by atoms with E-state index in [2.05, 4.69) is 0 Å². The van der Waals surface area contributed by atoms with Gasteiger partial charge in [-0.3, -0.25) is 4.79 Å². The fourth-order valence-electron chi connectivity index (χ4n) is 3.79. The molecule has 172 valence electrons. The van der Waals surface area contributed by atoms with Gasteiger partial charge in [-0.1, -0.05) is 48.0 Å². The molecular weight excluding hydrogens is 452 g/mol. The van der Waals surface area contributed by atoms with Gasteiger partial charge >= 0.3 is 0 Å². The van der Waals surface area contributed by atoms with Crippen LogP contribution >= 0.6 is 11.6 Å². The molecule has 3 aromatic rings. The molecule has 3 aromatic carbocycles. The van der Waals surface area contributed by atoms with E-state index in [1.807, 2.05) is 60.7 Å². The van der Waals surface area contributed by atoms with Crippen LogP contribution in [-0.4, -0.2) is 32.8 Å². The number of halogens is 1. The molecule has 0 unspecified atom stereocenters. The molecule has 34 heavy (non-hydrogen) atoms. The smallest absolute Gasteiger partial charge is 0.268 e. The number of carbonyl (C=O) groups is 1. The van der Waals surface area contributed by atoms with Crippen molar-refractivity contribution in [1.82, 2.24) is 0 Å². The third-order valence-corrected chi connectivity index (χ3v) is 5.67. The highest BCUT2D eigenvalue weighted by Gasteiger charge is 2.26. The van der Waals surface area contributed by atoms with Crippen LogP contribution in [0.4, 0.5) is 5.69 Å². The average molecular weight is 475 g/mol. The van der Waals surface area contributed by atoms with E-state index < -0.39 is 0 Å². The third kappa shape index (κ3) is 5.16. The Morgan fingerprint density at radius 1 is 1.09 bits per heavy atom. The number of hydrogen-bond donors (Lipinski definition) is 0. The maximum atomic E-state index is 13.1. The molecule has 0 N–H and O–H groups in total. The lowest BCUT2D eigenvalue weighted by Gasteiger charge is -2.17. The van der Waals surface area contributed by atoms with E-state index >= 15 is 0 Å². The number of para-hydroxylation sites is 2. The van der Waals surface area contributed by atoms with Crippen LogP contribution in [0.2, 0.25) is 5.02 Å². The van der Waals surface area contributed by atoms with E-state index in [0.29, 0.717) is 35.2 Å². The number of methoxy groups -OCH3 is 1. The number of fused-ring (bicyclic) bond motifs is 1. The van der Waals surface area contributed by atoms with Crippen LogP contribution in [0.1, 0.15) is 11.1 Å². The molecule has 1 heterocycles. The normalized spacial score (nSPS) is 12.6. The number of ether oxygens (including phenoxy) is 3. The van der Waals surface area contributed by atoms with E-state index in [1.165, 1.54) is 13.2 Å². The predicted octanol–water partition coefficient (Wildman–Crippen LogP) is 5.30. The van der Waals surface area contributed by atoms with Gasteiger partial charge in [-0.05, 0) is 54.0 Å². The molecule has 0 spiro atoms. The molecule has 0 saturated heterocycles. The maximum Gasteiger partial charge on any atom is 0.268 e. The van der Waals surface area contributed by atoms with Gasteiger partial charge in [0.15, 0.2) is 11.5 Å². The number of anilines is 1. The van der Waals surface area contributed by atoms with E-state index in [9.17, 15) is 10.1 Å². The minimum absolute atomic E-state index is 0.0137. The lowest BCUT2D eigenvalue weighted by molar-refractivity contribution is -0.114. The van der Waals surface area contributed by atoms with Crippen molar-refractivity contribution in [3.8, 4) is 23.3 Å². The highest BCUT2D eigenvalue weighted by atomic mass is 35.5. The lowest BCUT2D eigenvalue weighted by atomic mass is 10.1. The van der Waals surface area contributed by atoms with Gasteiger partial charge < -0.3 is 19.1 Å². The molecule has 6 nitrogen and oxygen atoms in total. The fourth-order valence-corrected chi connectivity index (χ4v) is 4.06. The van der Waals surface area contributed by atoms with Gasteiger partial charge in [-0.2, -0.15) is 5.26 Å². The second kappa shape index (κ2) is 10.8. The molecule has 0 bridgehead atoms. The minimum atomic E-state index is -0.346. The number of benzene rings is 3. The Morgan fingerprint density at radius 3 is 2.59 bits per heavy atom. The Bertz CT molecular complexity index is 1250. The fraction of sp³-hybridized carbons (Fsp3) is 0.185. The number of carbonyl (C=O) groups excluding carboxylic acids is 1. The summed E-state index contributed by atoms with van der Waals surface area (Å²) in [5, 5.41) is 9.99. The molecule has 4 rings (SSSR count). The summed E-state index contributed by atoms with van der Waals surface area (Å²) in [6.07, 6.45) is 2.28. The monoisotopic (exact) mass is 474 g/mol. The molecule has 0 aromatic heterocycles. The first kappa shape index (κ1) is 23.2. The van der Waals surface area contributed by atoms with Crippen LogP contribution in [0.15, 0.2) is 72.3 Å². The van der Waals surface area contributed by atoms with E-state index in [1.54, 1.807) is 17.0 Å². The van der Waals surface area contributed by atoms with Crippen LogP contribution in [0.3, 0.4) is 0 Å². The van der Waals surface area contributed by atoms with E-state index in [4.69, 9.17) is 25.8 Å². The average Bonchev–Trinajstić information content (AvgIpc) is 3.30. The molecule has 0 radical (unpaired) electrons. The van der Waals surface area contributed by atoms with Crippen molar-refractivity contribution < 1.29 is 19.0 Å². The number of amides is 1. The standard InChI is InChI=1S/C27H23ClN2O4/c1-32-25-17-19(16-23(28)26(25)34-14-13-33-22-8-3-2-4-9-22)15-21(18-29)27(31)30-12-11-20-7-5-6-10-24(20)30/h2-10,15-17H,11-14H2,1H3. The summed E-state index contributed by atoms with van der Waals surface area (Å²) in [6, 6.07) is 22.5. The van der Waals surface area contributed by atoms with Gasteiger partial charge in [0.25, 0.3) is 5.91 Å². The van der Waals surface area contributed by atoms with E-state index in [-0.39, 0.29) is 18.1 Å². The van der Waals surface area contributed by atoms with Crippen molar-refractivity contribution in [1.29, 1.82) is 5.26 Å². The molecule has 0 saturated carbocycles. The molecule has 7 heteroatoms. The Kier molecular flexibility index (Phi) is 7.36. The first-order valence-corrected chi connectivity index (χ1v) is 11.2. The Morgan fingerprint density at radius 2 is 1.82 bits per heavy atom. The molecule has 0 aliphatic carbocycles. The first-order chi connectivity index (χ1) is 16.6. The highest BCUT2D eigenvalue weighted by molar-refractivity contribution is 6.32. The molecule has 1 amide bonds. The zero-order valence-electron chi connectivity index (χ0n) is 18.7. The van der Waals surface area contributed by atoms with Gasteiger partial charge in [-0.15, -0.1) is 0 Å². The topological polar surface area (TPSA) is 71.8 Å². The van der Waals surface area contributed by atoms with Gasteiger partial charge in [0.2, 0.25) is 0 Å². The number of rotatable bonds is 8. The Labute approximate surface area is 203 Å². The summed E-state index contributed by atoms with van der Waals surface area (Å²) >= 11 is 6.46. The zero-order valence-corrected chi connectivity index (χ0v) is 19.4. The second-order valence-corrected chi connectivity index (χ2v) is 7.96. The SMILES string of the molecule is COc1cc(C=C(C#N)C(=O)N2CCc3ccccc32)cc(Cl)c1OCCOc1ccccc1. The summed E-state index contributed by atoms with van der Waals surface area (Å²) in [7, 11) is 1.50. The quantitative estimate of drug-likeness (QED) is 0.251. The van der Waals surface area contributed by atoms with Gasteiger partial charge in [0, 0.05) is 12.2 Å². The summed E-state index contributed by atoms with van der Waals surface area (Å²) in [5.41, 5.74) is 2.51. The molecule has 1 aliphatic heterocycles. The van der Waals surface area contributed by atoms with E-state index in [0.717, 1.165) is 23.4 Å². The predicted molar refractivity (Wildman–Crippen MR) is 132 cm³/mol. The molecule has 0 atom stereocenters. The van der Waals surface area contributed by atoms with Crippen molar-refractivity contribution in [3.63, 3.8) is 0 Å². The number of hydrogen-bond acceptors (Lipinski definition) is 5. The Hall–Kier alpha value is -3.95. The summed E-state index contributed by atoms with van der Waals surface area (Å²) in [5.74, 6) is 1.17. The summed E-state index contributed by atoms with van der Waals surface area (Å²) < 4.78 is 16.9. The third-order valence-electron chi connectivity index (χ3n) is 5.39. The van der Waals surface area contributed by atoms with Gasteiger partial charge in [-0.25, -0.2) is 0 Å². The van der Waals surface area contributed by atoms with Crippen molar-refractivity contribution in [2.45, 2.75) is 6.42 Å². The number of nitriles is 1. The van der Waals surface area contributed by atoms with Crippen molar-refractivity contribution in [3.05, 3.63) is 88.5 Å². The Balaban J connectivity index is 1.48. The largest absolute Gasteiger partial charge is 0.493 e. The first-order valence-electron chi connectivity index (χ1n) is 10.8. The van der Waals surface area contributed by atoms with Crippen molar-refractivity contribution >= 4 is 29.3 Å². The van der Waals surface area contributed by atoms with Gasteiger partial charge in [0.1, 0.15) is 30.6 Å². The van der Waals surface area contributed by atoms with Crippen LogP contribution in [0, 0.1) is 11.3 Å². The van der Waals surface area contributed by atoms with Crippen LogP contribution < -0.4 is 19.1 Å². The molecule has 0 fully saturated rings. The van der Waals surface area contributed by atoms with Crippen LogP contribution in [-0.2, 0) is 11.2 Å². The van der Waals surface area contributed by atoms with Crippen molar-refractivity contribution in [2.24, 2.45) is 0 Å². The van der Waals surface area contributed by atoms with Gasteiger partial charge in [0.05, 0.1) is 12.1 Å².